The van der Waals surface area contributed by atoms with Crippen molar-refractivity contribution in [1.82, 2.24) is 10.6 Å². The van der Waals surface area contributed by atoms with Crippen molar-refractivity contribution in [3.63, 3.8) is 0 Å². The van der Waals surface area contributed by atoms with Crippen molar-refractivity contribution < 1.29 is 22.0 Å². The fourth-order valence-corrected chi connectivity index (χ4v) is 2.52. The molecule has 0 aliphatic heterocycles. The first-order chi connectivity index (χ1) is 9.76. The Bertz CT molecular complexity index is 574. The lowest BCUT2D eigenvalue weighted by atomic mass is 10.1. The van der Waals surface area contributed by atoms with E-state index in [-0.39, 0.29) is 10.6 Å². The molecule has 1 atom stereocenters. The molecule has 0 radical (unpaired) electrons. The van der Waals surface area contributed by atoms with E-state index in [9.17, 15) is 22.0 Å². The maximum atomic E-state index is 11.9. The van der Waals surface area contributed by atoms with Crippen LogP contribution in [0.3, 0.4) is 0 Å². The maximum Gasteiger partial charge on any atom is 0.315 e. The van der Waals surface area contributed by atoms with Gasteiger partial charge in [0.05, 0.1) is 23.2 Å². The summed E-state index contributed by atoms with van der Waals surface area (Å²) in [5.41, 5.74) is 0.678. The third-order valence-corrected chi connectivity index (χ3v) is 4.63. The first kappa shape index (κ1) is 17.4. The lowest BCUT2D eigenvalue weighted by Gasteiger charge is -2.15. The van der Waals surface area contributed by atoms with Gasteiger partial charge in [0.15, 0.2) is 9.84 Å². The Morgan fingerprint density at radius 2 is 1.81 bits per heavy atom. The Morgan fingerprint density at radius 3 is 2.29 bits per heavy atom. The third-order valence-electron chi connectivity index (χ3n) is 2.88. The molecule has 0 aliphatic carbocycles. The van der Waals surface area contributed by atoms with Crippen LogP contribution >= 0.6 is 0 Å². The van der Waals surface area contributed by atoms with Crippen molar-refractivity contribution in [1.29, 1.82) is 0 Å². The molecule has 2 N–H and O–H groups in total. The van der Waals surface area contributed by atoms with E-state index in [0.717, 1.165) is 0 Å². The number of benzene rings is 1. The number of sulfone groups is 1. The summed E-state index contributed by atoms with van der Waals surface area (Å²) < 4.78 is 47.2. The van der Waals surface area contributed by atoms with E-state index in [0.29, 0.717) is 5.56 Å². The molecular weight excluding hydrogens is 302 g/mol. The van der Waals surface area contributed by atoms with Gasteiger partial charge in [0, 0.05) is 0 Å². The highest BCUT2D eigenvalue weighted by atomic mass is 32.2. The van der Waals surface area contributed by atoms with Gasteiger partial charge >= 0.3 is 6.03 Å². The van der Waals surface area contributed by atoms with Gasteiger partial charge in [-0.1, -0.05) is 19.1 Å². The first-order valence-electron chi connectivity index (χ1n) is 6.41. The maximum absolute atomic E-state index is 11.9. The second-order valence-corrected chi connectivity index (χ2v) is 6.72. The Labute approximate surface area is 122 Å². The molecule has 5 nitrogen and oxygen atoms in total. The Kier molecular flexibility index (Phi) is 6.07. The van der Waals surface area contributed by atoms with E-state index in [1.54, 1.807) is 26.0 Å². The van der Waals surface area contributed by atoms with E-state index in [1.807, 2.05) is 5.32 Å². The molecule has 0 heterocycles. The van der Waals surface area contributed by atoms with Gasteiger partial charge in [0.1, 0.15) is 0 Å². The van der Waals surface area contributed by atoms with Crippen molar-refractivity contribution >= 4 is 15.9 Å². The van der Waals surface area contributed by atoms with Gasteiger partial charge in [0.25, 0.3) is 6.43 Å². The Morgan fingerprint density at radius 1 is 1.24 bits per heavy atom. The van der Waals surface area contributed by atoms with Crippen molar-refractivity contribution in [3.05, 3.63) is 29.8 Å². The fraction of sp³-hybridized carbons (Fsp3) is 0.462. The van der Waals surface area contributed by atoms with Crippen LogP contribution in [0.4, 0.5) is 13.6 Å². The zero-order chi connectivity index (χ0) is 16.0. The van der Waals surface area contributed by atoms with Crippen LogP contribution in [-0.2, 0) is 9.84 Å². The predicted molar refractivity (Wildman–Crippen MR) is 75.1 cm³/mol. The van der Waals surface area contributed by atoms with Crippen molar-refractivity contribution in [2.24, 2.45) is 0 Å². The minimum absolute atomic E-state index is 0.0101. The van der Waals surface area contributed by atoms with E-state index >= 15 is 0 Å². The van der Waals surface area contributed by atoms with Gasteiger partial charge in [0.2, 0.25) is 0 Å². The highest BCUT2D eigenvalue weighted by molar-refractivity contribution is 7.91. The van der Waals surface area contributed by atoms with E-state index < -0.39 is 34.9 Å². The molecular formula is C13H18F2N2O3S. The smallest absolute Gasteiger partial charge is 0.315 e. The normalized spacial score (nSPS) is 13.0. The summed E-state index contributed by atoms with van der Waals surface area (Å²) in [6.07, 6.45) is -2.61. The molecule has 118 valence electrons. The van der Waals surface area contributed by atoms with Crippen LogP contribution in [0, 0.1) is 0 Å². The number of carbonyl (C=O) groups is 1. The number of urea groups is 1. The number of halogens is 2. The summed E-state index contributed by atoms with van der Waals surface area (Å²) in [6, 6.07) is 4.96. The van der Waals surface area contributed by atoms with Crippen molar-refractivity contribution in [3.8, 4) is 0 Å². The average molecular weight is 320 g/mol. The molecule has 21 heavy (non-hydrogen) atoms. The van der Waals surface area contributed by atoms with Crippen LogP contribution in [0.25, 0.3) is 0 Å². The molecule has 0 fully saturated rings. The lowest BCUT2D eigenvalue weighted by molar-refractivity contribution is 0.146. The molecule has 0 bridgehead atoms. The monoisotopic (exact) mass is 320 g/mol. The van der Waals surface area contributed by atoms with Crippen LogP contribution in [-0.4, -0.2) is 33.2 Å². The first-order valence-corrected chi connectivity index (χ1v) is 8.06. The molecule has 1 aromatic rings. The largest absolute Gasteiger partial charge is 0.332 e. The number of carbonyl (C=O) groups excluding carboxylic acids is 1. The zero-order valence-electron chi connectivity index (χ0n) is 11.8. The number of rotatable bonds is 6. The van der Waals surface area contributed by atoms with Crippen LogP contribution < -0.4 is 10.6 Å². The molecule has 0 aliphatic rings. The molecule has 0 aromatic heterocycles. The summed E-state index contributed by atoms with van der Waals surface area (Å²) in [7, 11) is -3.26. The standard InChI is InChI=1S/C13H18F2N2O3S/c1-3-21(19,20)11-6-4-10(5-7-11)9(2)17-13(18)16-8-12(14)15/h4-7,9,12H,3,8H2,1-2H3,(H2,16,17,18). The molecule has 0 saturated carbocycles. The van der Waals surface area contributed by atoms with Crippen molar-refractivity contribution in [2.75, 3.05) is 12.3 Å². The van der Waals surface area contributed by atoms with Gasteiger partial charge in [-0.2, -0.15) is 0 Å². The van der Waals surface area contributed by atoms with Gasteiger partial charge in [-0.25, -0.2) is 22.0 Å². The van der Waals surface area contributed by atoms with Crippen molar-refractivity contribution in [2.45, 2.75) is 31.2 Å². The van der Waals surface area contributed by atoms with Crippen LogP contribution in [0.1, 0.15) is 25.5 Å². The molecule has 0 spiro atoms. The van der Waals surface area contributed by atoms with Crippen LogP contribution in [0.15, 0.2) is 29.2 Å². The van der Waals surface area contributed by atoms with E-state index in [2.05, 4.69) is 5.32 Å². The second-order valence-electron chi connectivity index (χ2n) is 4.44. The van der Waals surface area contributed by atoms with Crippen LogP contribution in [0.5, 0.6) is 0 Å². The van der Waals surface area contributed by atoms with Gasteiger partial charge in [-0.05, 0) is 24.6 Å². The SMILES string of the molecule is CCS(=O)(=O)c1ccc(C(C)NC(=O)NCC(F)F)cc1. The van der Waals surface area contributed by atoms with E-state index in [4.69, 9.17) is 0 Å². The highest BCUT2D eigenvalue weighted by Gasteiger charge is 2.14. The molecule has 1 aromatic carbocycles. The number of nitrogens with one attached hydrogen (secondary N) is 2. The van der Waals surface area contributed by atoms with Gasteiger partial charge in [-0.3, -0.25) is 0 Å². The molecule has 1 unspecified atom stereocenters. The molecule has 0 saturated heterocycles. The second kappa shape index (κ2) is 7.35. The summed E-state index contributed by atoms with van der Waals surface area (Å²) in [5, 5.41) is 4.52. The number of hydrogen-bond donors (Lipinski definition) is 2. The molecule has 2 amide bonds. The summed E-state index contributed by atoms with van der Waals surface area (Å²) in [6.45, 7) is 2.51. The lowest BCUT2D eigenvalue weighted by Crippen LogP contribution is -2.39. The minimum atomic E-state index is -3.26. The highest BCUT2D eigenvalue weighted by Crippen LogP contribution is 2.17. The van der Waals surface area contributed by atoms with Gasteiger partial charge in [-0.15, -0.1) is 0 Å². The predicted octanol–water partition coefficient (Wildman–Crippen LogP) is 2.11. The fourth-order valence-electron chi connectivity index (χ4n) is 1.63. The number of hydrogen-bond acceptors (Lipinski definition) is 3. The summed E-state index contributed by atoms with van der Waals surface area (Å²) in [4.78, 5) is 11.6. The van der Waals surface area contributed by atoms with Gasteiger partial charge < -0.3 is 10.6 Å². The summed E-state index contributed by atoms with van der Waals surface area (Å²) >= 11 is 0. The average Bonchev–Trinajstić information content (AvgIpc) is 2.45. The summed E-state index contributed by atoms with van der Waals surface area (Å²) in [5.74, 6) is 0.0101. The quantitative estimate of drug-likeness (QED) is 0.843. The topological polar surface area (TPSA) is 75.3 Å². The zero-order valence-corrected chi connectivity index (χ0v) is 12.6. The van der Waals surface area contributed by atoms with Crippen LogP contribution in [0.2, 0.25) is 0 Å². The number of alkyl halides is 2. The third kappa shape index (κ3) is 5.30. The Hall–Kier alpha value is -1.70. The minimum Gasteiger partial charge on any atom is -0.332 e. The number of amides is 2. The molecule has 1 rings (SSSR count). The Balaban J connectivity index is 2.67. The molecule has 8 heteroatoms. The van der Waals surface area contributed by atoms with E-state index in [1.165, 1.54) is 12.1 Å².